The van der Waals surface area contributed by atoms with Crippen LogP contribution in [0.1, 0.15) is 56.8 Å². The van der Waals surface area contributed by atoms with Crippen LogP contribution in [0.25, 0.3) is 6.08 Å². The summed E-state index contributed by atoms with van der Waals surface area (Å²) < 4.78 is 11.5. The fraction of sp³-hybridized carbons (Fsp3) is 0.216. The number of carbonyl (C=O) groups excluding carboxylic acids is 3. The zero-order valence-corrected chi connectivity index (χ0v) is 24.5. The van der Waals surface area contributed by atoms with Gasteiger partial charge in [0.15, 0.2) is 11.6 Å². The highest BCUT2D eigenvalue weighted by Gasteiger charge is 2.70. The zero-order chi connectivity index (χ0) is 30.4. The average Bonchev–Trinajstić information content (AvgIpc) is 3.55. The van der Waals surface area contributed by atoms with Gasteiger partial charge in [-0.1, -0.05) is 73.7 Å². The SMILES string of the molecule is CCCOc1cccc(C(=O)[C@@H]2[C@H](C(=O)c3ccccc3OC)N3C=Cc4ccccc4[C@H]3[C@@]23C(=O)Nc2ccccc23)c1. The molecule has 3 aliphatic rings. The summed E-state index contributed by atoms with van der Waals surface area (Å²) in [6.45, 7) is 2.52. The Balaban J connectivity index is 1.51. The van der Waals surface area contributed by atoms with Crippen molar-refractivity contribution in [1.29, 1.82) is 0 Å². The number of amides is 1. The fourth-order valence-electron chi connectivity index (χ4n) is 7.31. The van der Waals surface area contributed by atoms with Crippen molar-refractivity contribution >= 4 is 29.2 Å². The van der Waals surface area contributed by atoms with Crippen molar-refractivity contribution in [2.45, 2.75) is 30.8 Å². The van der Waals surface area contributed by atoms with Gasteiger partial charge in [-0.3, -0.25) is 14.4 Å². The number of hydrogen-bond donors (Lipinski definition) is 1. The Kier molecular flexibility index (Phi) is 6.81. The predicted molar refractivity (Wildman–Crippen MR) is 168 cm³/mol. The highest BCUT2D eigenvalue weighted by molar-refractivity contribution is 6.17. The number of hydrogen-bond acceptors (Lipinski definition) is 6. The van der Waals surface area contributed by atoms with E-state index in [2.05, 4.69) is 5.32 Å². The van der Waals surface area contributed by atoms with Gasteiger partial charge in [0.05, 0.1) is 31.2 Å². The van der Waals surface area contributed by atoms with Gasteiger partial charge in [-0.05, 0) is 59.5 Å². The molecule has 3 heterocycles. The number of ether oxygens (including phenoxy) is 2. The first kappa shape index (κ1) is 27.7. The molecule has 3 aliphatic heterocycles. The summed E-state index contributed by atoms with van der Waals surface area (Å²) >= 11 is 0. The van der Waals surface area contributed by atoms with Crippen LogP contribution in [0, 0.1) is 5.92 Å². The van der Waals surface area contributed by atoms with Crippen LogP contribution in [0.15, 0.2) is 103 Å². The van der Waals surface area contributed by atoms with Crippen LogP contribution in [0.5, 0.6) is 11.5 Å². The number of nitrogens with one attached hydrogen (secondary N) is 1. The number of nitrogens with zero attached hydrogens (tertiary/aromatic N) is 1. The van der Waals surface area contributed by atoms with Crippen molar-refractivity contribution in [1.82, 2.24) is 4.90 Å². The summed E-state index contributed by atoms with van der Waals surface area (Å²) in [5.41, 5.74) is 2.51. The third kappa shape index (κ3) is 3.99. The van der Waals surface area contributed by atoms with E-state index >= 15 is 4.79 Å². The highest BCUT2D eigenvalue weighted by Crippen LogP contribution is 2.62. The molecule has 44 heavy (non-hydrogen) atoms. The molecule has 1 N–H and O–H groups in total. The van der Waals surface area contributed by atoms with E-state index in [9.17, 15) is 9.59 Å². The van der Waals surface area contributed by atoms with Crippen molar-refractivity contribution in [2.24, 2.45) is 5.92 Å². The minimum Gasteiger partial charge on any atom is -0.496 e. The molecule has 4 atom stereocenters. The van der Waals surface area contributed by atoms with Gasteiger partial charge in [0, 0.05) is 17.5 Å². The molecule has 7 nitrogen and oxygen atoms in total. The van der Waals surface area contributed by atoms with Gasteiger partial charge in [0.25, 0.3) is 0 Å². The Hall–Kier alpha value is -5.17. The van der Waals surface area contributed by atoms with Crippen LogP contribution in [0.2, 0.25) is 0 Å². The number of Topliss-reactive ketones (excluding diaryl/α,β-unsaturated/α-hetero) is 2. The lowest BCUT2D eigenvalue weighted by atomic mass is 9.62. The lowest BCUT2D eigenvalue weighted by Gasteiger charge is -2.38. The molecular weight excluding hydrogens is 552 g/mol. The van der Waals surface area contributed by atoms with E-state index in [0.29, 0.717) is 40.5 Å². The number of anilines is 1. The van der Waals surface area contributed by atoms with Crippen molar-refractivity contribution < 1.29 is 23.9 Å². The lowest BCUT2D eigenvalue weighted by molar-refractivity contribution is -0.122. The van der Waals surface area contributed by atoms with Gasteiger partial charge in [0.1, 0.15) is 23.0 Å². The molecule has 0 saturated carbocycles. The van der Waals surface area contributed by atoms with Crippen molar-refractivity contribution in [3.63, 3.8) is 0 Å². The van der Waals surface area contributed by atoms with Gasteiger partial charge < -0.3 is 19.7 Å². The van der Waals surface area contributed by atoms with Gasteiger partial charge in [-0.2, -0.15) is 0 Å². The summed E-state index contributed by atoms with van der Waals surface area (Å²) in [6.07, 6.45) is 4.64. The smallest absolute Gasteiger partial charge is 0.238 e. The highest BCUT2D eigenvalue weighted by atomic mass is 16.5. The largest absolute Gasteiger partial charge is 0.496 e. The van der Waals surface area contributed by atoms with E-state index in [1.807, 2.05) is 78.7 Å². The topological polar surface area (TPSA) is 84.9 Å². The molecule has 1 spiro atoms. The molecular formula is C37H32N2O5. The van der Waals surface area contributed by atoms with Gasteiger partial charge >= 0.3 is 0 Å². The number of fused-ring (bicyclic) bond motifs is 6. The summed E-state index contributed by atoms with van der Waals surface area (Å²) in [7, 11) is 1.52. The molecule has 220 valence electrons. The molecule has 1 saturated heterocycles. The van der Waals surface area contributed by atoms with E-state index in [-0.39, 0.29) is 17.5 Å². The summed E-state index contributed by atoms with van der Waals surface area (Å²) in [4.78, 5) is 46.5. The Labute approximate surface area is 256 Å². The van der Waals surface area contributed by atoms with E-state index < -0.39 is 23.4 Å². The van der Waals surface area contributed by atoms with Gasteiger partial charge in [-0.15, -0.1) is 0 Å². The Bertz CT molecular complexity index is 1830. The zero-order valence-electron chi connectivity index (χ0n) is 24.5. The maximum absolute atomic E-state index is 15.1. The van der Waals surface area contributed by atoms with Crippen molar-refractivity contribution in [2.75, 3.05) is 19.0 Å². The number of benzene rings is 4. The fourth-order valence-corrected chi connectivity index (χ4v) is 7.31. The Morgan fingerprint density at radius 3 is 2.52 bits per heavy atom. The summed E-state index contributed by atoms with van der Waals surface area (Å²) in [6, 6.07) is 27.8. The maximum Gasteiger partial charge on any atom is 0.238 e. The Morgan fingerprint density at radius 1 is 0.909 bits per heavy atom. The second kappa shape index (κ2) is 10.8. The van der Waals surface area contributed by atoms with Crippen LogP contribution in [0.4, 0.5) is 5.69 Å². The molecule has 4 aromatic carbocycles. The monoisotopic (exact) mass is 584 g/mol. The average molecular weight is 585 g/mol. The number of rotatable bonds is 8. The second-order valence-electron chi connectivity index (χ2n) is 11.4. The molecule has 1 amide bonds. The van der Waals surface area contributed by atoms with Crippen LogP contribution in [-0.2, 0) is 10.2 Å². The molecule has 0 radical (unpaired) electrons. The number of methoxy groups -OCH3 is 1. The van der Waals surface area contributed by atoms with E-state index in [1.54, 1.807) is 42.5 Å². The summed E-state index contributed by atoms with van der Waals surface area (Å²) in [5, 5.41) is 3.09. The third-order valence-electron chi connectivity index (χ3n) is 9.09. The van der Waals surface area contributed by atoms with Crippen molar-refractivity contribution in [3.8, 4) is 11.5 Å². The van der Waals surface area contributed by atoms with Crippen LogP contribution >= 0.6 is 0 Å². The first-order chi connectivity index (χ1) is 21.5. The molecule has 1 fully saturated rings. The first-order valence-corrected chi connectivity index (χ1v) is 14.9. The molecule has 4 aromatic rings. The minimum absolute atomic E-state index is 0.290. The van der Waals surface area contributed by atoms with Crippen LogP contribution in [-0.4, -0.2) is 42.1 Å². The molecule has 0 aromatic heterocycles. The lowest BCUT2D eigenvalue weighted by Crippen LogP contribution is -2.49. The molecule has 0 bridgehead atoms. The van der Waals surface area contributed by atoms with Gasteiger partial charge in [0.2, 0.25) is 5.91 Å². The van der Waals surface area contributed by atoms with E-state index in [4.69, 9.17) is 9.47 Å². The van der Waals surface area contributed by atoms with Crippen LogP contribution in [0.3, 0.4) is 0 Å². The van der Waals surface area contributed by atoms with Crippen molar-refractivity contribution in [3.05, 3.63) is 131 Å². The molecule has 7 rings (SSSR count). The van der Waals surface area contributed by atoms with E-state index in [0.717, 1.165) is 17.5 Å². The first-order valence-electron chi connectivity index (χ1n) is 14.9. The minimum atomic E-state index is -1.41. The number of carbonyl (C=O) groups is 3. The maximum atomic E-state index is 15.1. The van der Waals surface area contributed by atoms with E-state index in [1.165, 1.54) is 7.11 Å². The quantitative estimate of drug-likeness (QED) is 0.239. The molecule has 7 heteroatoms. The standard InChI is InChI=1S/C37H32N2O5/c1-3-21-44-25-13-10-12-24(22-25)33(40)31-32(34(41)27-15-6-9-18-30(27)43-2)39-20-19-23-11-4-5-14-26(23)35(39)37(31)28-16-7-8-17-29(28)38-36(37)42/h4-20,22,31-32,35H,3,21H2,1-2H3,(H,38,42)/t31-,32+,35-,37-/m0/s1. The normalized spacial score (nSPS) is 22.6. The number of ketones is 2. The second-order valence-corrected chi connectivity index (χ2v) is 11.4. The van der Waals surface area contributed by atoms with Gasteiger partial charge in [-0.25, -0.2) is 0 Å². The molecule has 0 unspecified atom stereocenters. The third-order valence-corrected chi connectivity index (χ3v) is 9.09. The number of para-hydroxylation sites is 2. The van der Waals surface area contributed by atoms with Crippen LogP contribution < -0.4 is 14.8 Å². The summed E-state index contributed by atoms with van der Waals surface area (Å²) in [5.74, 6) is -0.989. The predicted octanol–water partition coefficient (Wildman–Crippen LogP) is 6.47. The Morgan fingerprint density at radius 2 is 1.68 bits per heavy atom. The molecule has 0 aliphatic carbocycles.